The van der Waals surface area contributed by atoms with Crippen LogP contribution in [0, 0.1) is 0 Å². The fraction of sp³-hybridized carbons (Fsp3) is 0.667. The molecule has 3 heteroatoms. The predicted molar refractivity (Wildman–Crippen MR) is 49.3 cm³/mol. The van der Waals surface area contributed by atoms with Gasteiger partial charge in [-0.3, -0.25) is 0 Å². The maximum atomic E-state index is 5.22. The molecule has 12 heavy (non-hydrogen) atoms. The second kappa shape index (κ2) is 4.80. The highest BCUT2D eigenvalue weighted by molar-refractivity contribution is 5.23. The maximum Gasteiger partial charge on any atom is 0.297 e. The van der Waals surface area contributed by atoms with Crippen LogP contribution in [0.4, 0.5) is 6.01 Å². The van der Waals surface area contributed by atoms with Gasteiger partial charge < -0.3 is 9.32 Å². The minimum absolute atomic E-state index is 0.749. The van der Waals surface area contributed by atoms with Crippen LogP contribution >= 0.6 is 0 Å². The van der Waals surface area contributed by atoms with E-state index in [1.54, 1.807) is 12.5 Å². The average molecular weight is 168 g/mol. The van der Waals surface area contributed by atoms with E-state index in [9.17, 15) is 0 Å². The van der Waals surface area contributed by atoms with Crippen molar-refractivity contribution >= 4 is 6.01 Å². The molecule has 68 valence electrons. The fourth-order valence-corrected chi connectivity index (χ4v) is 1.22. The van der Waals surface area contributed by atoms with Crippen LogP contribution in [0.1, 0.15) is 26.7 Å². The van der Waals surface area contributed by atoms with Crippen LogP contribution in [0.5, 0.6) is 0 Å². The summed E-state index contributed by atoms with van der Waals surface area (Å²) < 4.78 is 5.22. The van der Waals surface area contributed by atoms with Crippen molar-refractivity contribution < 1.29 is 4.42 Å². The summed E-state index contributed by atoms with van der Waals surface area (Å²) in [5.41, 5.74) is 0. The highest BCUT2D eigenvalue weighted by atomic mass is 16.4. The molecule has 0 N–H and O–H groups in total. The Morgan fingerprint density at radius 1 is 1.33 bits per heavy atom. The van der Waals surface area contributed by atoms with Crippen molar-refractivity contribution in [2.75, 3.05) is 18.0 Å². The van der Waals surface area contributed by atoms with Gasteiger partial charge in [-0.15, -0.1) is 0 Å². The van der Waals surface area contributed by atoms with Gasteiger partial charge >= 0.3 is 0 Å². The molecule has 0 saturated heterocycles. The summed E-state index contributed by atoms with van der Waals surface area (Å²) in [6.45, 7) is 6.36. The summed E-state index contributed by atoms with van der Waals surface area (Å²) in [4.78, 5) is 6.28. The Kier molecular flexibility index (Phi) is 3.64. The first-order chi connectivity index (χ1) is 5.88. The van der Waals surface area contributed by atoms with Crippen molar-refractivity contribution in [1.82, 2.24) is 4.98 Å². The molecule has 0 aliphatic rings. The van der Waals surface area contributed by atoms with E-state index in [0.717, 1.165) is 31.9 Å². The lowest BCUT2D eigenvalue weighted by atomic mass is 10.4. The number of anilines is 1. The van der Waals surface area contributed by atoms with E-state index in [-0.39, 0.29) is 0 Å². The van der Waals surface area contributed by atoms with E-state index in [1.165, 1.54) is 0 Å². The number of hydrogen-bond donors (Lipinski definition) is 0. The molecule has 0 bridgehead atoms. The summed E-state index contributed by atoms with van der Waals surface area (Å²) in [6, 6.07) is 0.749. The Morgan fingerprint density at radius 2 is 2.00 bits per heavy atom. The zero-order chi connectivity index (χ0) is 8.81. The van der Waals surface area contributed by atoms with Gasteiger partial charge in [0.1, 0.15) is 6.26 Å². The van der Waals surface area contributed by atoms with Crippen molar-refractivity contribution in [3.63, 3.8) is 0 Å². The van der Waals surface area contributed by atoms with Crippen molar-refractivity contribution in [1.29, 1.82) is 0 Å². The molecule has 0 saturated carbocycles. The molecule has 3 nitrogen and oxygen atoms in total. The zero-order valence-corrected chi connectivity index (χ0v) is 7.79. The Hall–Kier alpha value is -0.990. The number of rotatable bonds is 5. The third-order valence-corrected chi connectivity index (χ3v) is 1.68. The van der Waals surface area contributed by atoms with Crippen molar-refractivity contribution in [2.45, 2.75) is 26.7 Å². The van der Waals surface area contributed by atoms with Crippen LogP contribution in [0.15, 0.2) is 16.9 Å². The predicted octanol–water partition coefficient (Wildman–Crippen LogP) is 2.30. The van der Waals surface area contributed by atoms with E-state index in [2.05, 4.69) is 23.7 Å². The van der Waals surface area contributed by atoms with E-state index >= 15 is 0 Å². The highest BCUT2D eigenvalue weighted by Gasteiger charge is 2.07. The molecule has 0 aliphatic carbocycles. The molecule has 1 aromatic rings. The summed E-state index contributed by atoms with van der Waals surface area (Å²) in [7, 11) is 0. The number of hydrogen-bond acceptors (Lipinski definition) is 3. The van der Waals surface area contributed by atoms with Crippen molar-refractivity contribution in [3.8, 4) is 0 Å². The number of aromatic nitrogens is 1. The molecule has 1 rings (SSSR count). The molecular formula is C9H16N2O. The maximum absolute atomic E-state index is 5.22. The van der Waals surface area contributed by atoms with Crippen LogP contribution in [-0.2, 0) is 0 Å². The number of oxazole rings is 1. The lowest BCUT2D eigenvalue weighted by Crippen LogP contribution is -2.24. The van der Waals surface area contributed by atoms with Crippen LogP contribution in [-0.4, -0.2) is 18.1 Å². The first-order valence-electron chi connectivity index (χ1n) is 4.53. The lowest BCUT2D eigenvalue weighted by molar-refractivity contribution is 0.529. The molecule has 0 unspecified atom stereocenters. The van der Waals surface area contributed by atoms with Crippen molar-refractivity contribution in [2.24, 2.45) is 0 Å². The summed E-state index contributed by atoms with van der Waals surface area (Å²) in [6.07, 6.45) is 5.56. The van der Waals surface area contributed by atoms with Crippen LogP contribution in [0.3, 0.4) is 0 Å². The van der Waals surface area contributed by atoms with Gasteiger partial charge in [-0.1, -0.05) is 13.8 Å². The molecule has 1 aromatic heterocycles. The molecule has 0 fully saturated rings. The third-order valence-electron chi connectivity index (χ3n) is 1.68. The van der Waals surface area contributed by atoms with Crippen LogP contribution in [0.2, 0.25) is 0 Å². The smallest absolute Gasteiger partial charge is 0.297 e. The largest absolute Gasteiger partial charge is 0.432 e. The summed E-state index contributed by atoms with van der Waals surface area (Å²) in [5.74, 6) is 0. The van der Waals surface area contributed by atoms with Gasteiger partial charge in [0.25, 0.3) is 6.01 Å². The van der Waals surface area contributed by atoms with E-state index in [0.29, 0.717) is 0 Å². The molecule has 0 amide bonds. The van der Waals surface area contributed by atoms with E-state index in [1.807, 2.05) is 0 Å². The molecule has 0 atom stereocenters. The Labute approximate surface area is 73.4 Å². The first-order valence-corrected chi connectivity index (χ1v) is 4.53. The monoisotopic (exact) mass is 168 g/mol. The quantitative estimate of drug-likeness (QED) is 0.675. The average Bonchev–Trinajstić information content (AvgIpc) is 2.56. The Bertz CT molecular complexity index is 190. The molecule has 0 radical (unpaired) electrons. The normalized spacial score (nSPS) is 10.2. The van der Waals surface area contributed by atoms with Gasteiger partial charge in [-0.05, 0) is 12.8 Å². The highest BCUT2D eigenvalue weighted by Crippen LogP contribution is 2.10. The van der Waals surface area contributed by atoms with Crippen LogP contribution < -0.4 is 4.90 Å². The second-order valence-corrected chi connectivity index (χ2v) is 2.80. The molecule has 0 aromatic carbocycles. The minimum atomic E-state index is 0.749. The topological polar surface area (TPSA) is 29.3 Å². The van der Waals surface area contributed by atoms with E-state index < -0.39 is 0 Å². The van der Waals surface area contributed by atoms with Gasteiger partial charge in [0, 0.05) is 13.1 Å². The Morgan fingerprint density at radius 3 is 2.42 bits per heavy atom. The molecule has 1 heterocycles. The van der Waals surface area contributed by atoms with Gasteiger partial charge in [0.05, 0.1) is 6.20 Å². The van der Waals surface area contributed by atoms with Gasteiger partial charge in [0.2, 0.25) is 0 Å². The molecule has 0 aliphatic heterocycles. The van der Waals surface area contributed by atoms with Crippen molar-refractivity contribution in [3.05, 3.63) is 12.5 Å². The summed E-state index contributed by atoms with van der Waals surface area (Å²) >= 11 is 0. The van der Waals surface area contributed by atoms with Crippen LogP contribution in [0.25, 0.3) is 0 Å². The first kappa shape index (κ1) is 9.10. The SMILES string of the molecule is CCCN(CCC)c1ncco1. The molecular weight excluding hydrogens is 152 g/mol. The summed E-state index contributed by atoms with van der Waals surface area (Å²) in [5, 5.41) is 0. The lowest BCUT2D eigenvalue weighted by Gasteiger charge is -2.18. The third kappa shape index (κ3) is 2.26. The van der Waals surface area contributed by atoms with E-state index in [4.69, 9.17) is 4.42 Å². The zero-order valence-electron chi connectivity index (χ0n) is 7.79. The second-order valence-electron chi connectivity index (χ2n) is 2.80. The Balaban J connectivity index is 2.53. The van der Waals surface area contributed by atoms with Gasteiger partial charge in [-0.2, -0.15) is 0 Å². The standard InChI is InChI=1S/C9H16N2O/c1-3-6-11(7-4-2)9-10-5-8-12-9/h5,8H,3-4,6-7H2,1-2H3. The van der Waals surface area contributed by atoms with Gasteiger partial charge in [-0.25, -0.2) is 4.98 Å². The minimum Gasteiger partial charge on any atom is -0.432 e. The number of nitrogens with zero attached hydrogens (tertiary/aromatic N) is 2. The van der Waals surface area contributed by atoms with Gasteiger partial charge in [0.15, 0.2) is 0 Å². The fourth-order valence-electron chi connectivity index (χ4n) is 1.22. The molecule has 0 spiro atoms.